The van der Waals surface area contributed by atoms with Crippen molar-refractivity contribution in [1.29, 1.82) is 0 Å². The van der Waals surface area contributed by atoms with Crippen molar-refractivity contribution in [2.45, 2.75) is 31.8 Å². The van der Waals surface area contributed by atoms with E-state index in [0.717, 1.165) is 37.6 Å². The van der Waals surface area contributed by atoms with Crippen LogP contribution in [0.2, 0.25) is 0 Å². The average molecular weight is 284 g/mol. The summed E-state index contributed by atoms with van der Waals surface area (Å²) in [6, 6.07) is 2.46. The fourth-order valence-electron chi connectivity index (χ4n) is 2.72. The van der Waals surface area contributed by atoms with E-state index in [2.05, 4.69) is 37.1 Å². The van der Waals surface area contributed by atoms with Gasteiger partial charge < -0.3 is 10.2 Å². The minimum absolute atomic E-state index is 0.195. The van der Waals surface area contributed by atoms with Crippen LogP contribution in [0.25, 0.3) is 0 Å². The van der Waals surface area contributed by atoms with Gasteiger partial charge in [0.15, 0.2) is 0 Å². The van der Waals surface area contributed by atoms with Gasteiger partial charge in [-0.15, -0.1) is 0 Å². The lowest BCUT2D eigenvalue weighted by Crippen LogP contribution is -2.47. The summed E-state index contributed by atoms with van der Waals surface area (Å²) < 4.78 is 0. The van der Waals surface area contributed by atoms with Gasteiger partial charge in [0, 0.05) is 56.2 Å². The summed E-state index contributed by atoms with van der Waals surface area (Å²) in [6.07, 6.45) is 11.1. The first-order valence-electron chi connectivity index (χ1n) is 7.37. The Morgan fingerprint density at radius 3 is 2.81 bits per heavy atom. The Bertz CT molecular complexity index is 545. The molecule has 1 N–H and O–H groups in total. The minimum Gasteiger partial charge on any atom is -0.339 e. The molecule has 3 rings (SSSR count). The highest BCUT2D eigenvalue weighted by molar-refractivity contribution is 5.29. The maximum absolute atomic E-state index is 4.36. The first-order chi connectivity index (χ1) is 10.3. The summed E-state index contributed by atoms with van der Waals surface area (Å²) >= 11 is 0. The second-order valence-electron chi connectivity index (χ2n) is 5.35. The highest BCUT2D eigenvalue weighted by Gasteiger charge is 2.23. The molecule has 2 aromatic rings. The molecule has 0 radical (unpaired) electrons. The molecule has 2 aromatic heterocycles. The van der Waals surface area contributed by atoms with Crippen LogP contribution in [0.4, 0.5) is 5.95 Å². The molecule has 0 spiro atoms. The SMILES string of the molecule is CC(NC1CCCN(c2ncccn2)C1)c1cnccn1. The fraction of sp³-hybridized carbons (Fsp3) is 0.467. The van der Waals surface area contributed by atoms with Gasteiger partial charge in [0.1, 0.15) is 0 Å². The zero-order chi connectivity index (χ0) is 14.5. The minimum atomic E-state index is 0.195. The number of aromatic nitrogens is 4. The number of anilines is 1. The largest absolute Gasteiger partial charge is 0.339 e. The van der Waals surface area contributed by atoms with Gasteiger partial charge in [-0.25, -0.2) is 9.97 Å². The number of hydrogen-bond acceptors (Lipinski definition) is 6. The highest BCUT2D eigenvalue weighted by atomic mass is 15.3. The second-order valence-corrected chi connectivity index (χ2v) is 5.35. The van der Waals surface area contributed by atoms with Crippen LogP contribution in [-0.4, -0.2) is 39.1 Å². The summed E-state index contributed by atoms with van der Waals surface area (Å²) in [5, 5.41) is 3.64. The van der Waals surface area contributed by atoms with Crippen molar-refractivity contribution in [1.82, 2.24) is 25.3 Å². The van der Waals surface area contributed by atoms with E-state index in [9.17, 15) is 0 Å². The predicted octanol–water partition coefficient (Wildman–Crippen LogP) is 1.59. The molecule has 110 valence electrons. The van der Waals surface area contributed by atoms with E-state index in [4.69, 9.17) is 0 Å². The van der Waals surface area contributed by atoms with Crippen molar-refractivity contribution in [3.8, 4) is 0 Å². The first-order valence-corrected chi connectivity index (χ1v) is 7.37. The number of piperidine rings is 1. The third-order valence-electron chi connectivity index (χ3n) is 3.77. The second kappa shape index (κ2) is 6.58. The zero-order valence-electron chi connectivity index (χ0n) is 12.2. The van der Waals surface area contributed by atoms with E-state index in [-0.39, 0.29) is 6.04 Å². The molecule has 21 heavy (non-hydrogen) atoms. The molecule has 6 heteroatoms. The van der Waals surface area contributed by atoms with Crippen LogP contribution in [-0.2, 0) is 0 Å². The van der Waals surface area contributed by atoms with Crippen LogP contribution >= 0.6 is 0 Å². The monoisotopic (exact) mass is 284 g/mol. The third-order valence-corrected chi connectivity index (χ3v) is 3.77. The van der Waals surface area contributed by atoms with Gasteiger partial charge >= 0.3 is 0 Å². The fourth-order valence-corrected chi connectivity index (χ4v) is 2.72. The Morgan fingerprint density at radius 2 is 2.05 bits per heavy atom. The summed E-state index contributed by atoms with van der Waals surface area (Å²) in [4.78, 5) is 19.4. The molecule has 3 heterocycles. The molecule has 0 aliphatic carbocycles. The van der Waals surface area contributed by atoms with Gasteiger partial charge in [-0.1, -0.05) is 0 Å². The third kappa shape index (κ3) is 3.52. The van der Waals surface area contributed by atoms with Crippen molar-refractivity contribution >= 4 is 5.95 Å². The molecule has 0 bridgehead atoms. The summed E-state index contributed by atoms with van der Waals surface area (Å²) in [7, 11) is 0. The summed E-state index contributed by atoms with van der Waals surface area (Å²) in [5.41, 5.74) is 0.977. The van der Waals surface area contributed by atoms with E-state index < -0.39 is 0 Å². The van der Waals surface area contributed by atoms with E-state index in [1.165, 1.54) is 0 Å². The Kier molecular flexibility index (Phi) is 4.35. The lowest BCUT2D eigenvalue weighted by molar-refractivity contribution is 0.382. The lowest BCUT2D eigenvalue weighted by Gasteiger charge is -2.34. The molecule has 2 unspecified atom stereocenters. The van der Waals surface area contributed by atoms with Crippen LogP contribution in [0.5, 0.6) is 0 Å². The quantitative estimate of drug-likeness (QED) is 0.919. The van der Waals surface area contributed by atoms with Crippen molar-refractivity contribution < 1.29 is 0 Å². The maximum Gasteiger partial charge on any atom is 0.225 e. The smallest absolute Gasteiger partial charge is 0.225 e. The normalized spacial score (nSPS) is 20.2. The van der Waals surface area contributed by atoms with Gasteiger partial charge in [0.05, 0.1) is 5.69 Å². The molecule has 6 nitrogen and oxygen atoms in total. The molecule has 0 saturated carbocycles. The van der Waals surface area contributed by atoms with Crippen LogP contribution in [0.3, 0.4) is 0 Å². The van der Waals surface area contributed by atoms with Crippen molar-refractivity contribution in [3.63, 3.8) is 0 Å². The Labute approximate surface area is 124 Å². The Hall–Kier alpha value is -2.08. The lowest BCUT2D eigenvalue weighted by atomic mass is 10.0. The van der Waals surface area contributed by atoms with Gasteiger partial charge in [0.25, 0.3) is 0 Å². The van der Waals surface area contributed by atoms with Gasteiger partial charge in [-0.05, 0) is 25.8 Å². The zero-order valence-corrected chi connectivity index (χ0v) is 12.2. The molecule has 0 aromatic carbocycles. The van der Waals surface area contributed by atoms with Crippen LogP contribution in [0.15, 0.2) is 37.1 Å². The average Bonchev–Trinajstić information content (AvgIpc) is 2.57. The van der Waals surface area contributed by atoms with Gasteiger partial charge in [-0.3, -0.25) is 9.97 Å². The van der Waals surface area contributed by atoms with Crippen LogP contribution in [0, 0.1) is 0 Å². The van der Waals surface area contributed by atoms with E-state index in [1.807, 2.05) is 12.3 Å². The van der Waals surface area contributed by atoms with E-state index in [1.54, 1.807) is 24.8 Å². The summed E-state index contributed by atoms with van der Waals surface area (Å²) in [6.45, 7) is 4.07. The topological polar surface area (TPSA) is 66.8 Å². The molecule has 0 amide bonds. The predicted molar refractivity (Wildman–Crippen MR) is 80.8 cm³/mol. The number of rotatable bonds is 4. The molecular formula is C15H20N6. The van der Waals surface area contributed by atoms with Gasteiger partial charge in [-0.2, -0.15) is 0 Å². The standard InChI is InChI=1S/C15H20N6/c1-12(14-10-16-7-8-17-14)20-13-4-2-9-21(11-13)15-18-5-3-6-19-15/h3,5-8,10,12-13,20H,2,4,9,11H2,1H3. The molecule has 1 aliphatic rings. The van der Waals surface area contributed by atoms with Crippen LogP contribution in [0.1, 0.15) is 31.5 Å². The Balaban J connectivity index is 1.61. The number of nitrogens with zero attached hydrogens (tertiary/aromatic N) is 5. The van der Waals surface area contributed by atoms with Crippen LogP contribution < -0.4 is 10.2 Å². The molecule has 2 atom stereocenters. The molecular weight excluding hydrogens is 264 g/mol. The van der Waals surface area contributed by atoms with Crippen molar-refractivity contribution in [2.75, 3.05) is 18.0 Å². The maximum atomic E-state index is 4.36. The highest BCUT2D eigenvalue weighted by Crippen LogP contribution is 2.18. The summed E-state index contributed by atoms with van der Waals surface area (Å²) in [5.74, 6) is 0.816. The molecule has 1 fully saturated rings. The van der Waals surface area contributed by atoms with Crippen molar-refractivity contribution in [3.05, 3.63) is 42.7 Å². The number of nitrogens with one attached hydrogen (secondary N) is 1. The van der Waals surface area contributed by atoms with Crippen molar-refractivity contribution in [2.24, 2.45) is 0 Å². The Morgan fingerprint density at radius 1 is 1.19 bits per heavy atom. The molecule has 1 saturated heterocycles. The van der Waals surface area contributed by atoms with E-state index in [0.29, 0.717) is 6.04 Å². The first kappa shape index (κ1) is 13.9. The molecule has 1 aliphatic heterocycles. The van der Waals surface area contributed by atoms with Gasteiger partial charge in [0.2, 0.25) is 5.95 Å². The van der Waals surface area contributed by atoms with E-state index >= 15 is 0 Å². The number of hydrogen-bond donors (Lipinski definition) is 1.